The zero-order chi connectivity index (χ0) is 13.1. The van der Waals surface area contributed by atoms with E-state index in [4.69, 9.17) is 5.26 Å². The van der Waals surface area contributed by atoms with Gasteiger partial charge in [-0.3, -0.25) is 9.59 Å². The molecule has 1 atom stereocenters. The first-order valence-corrected chi connectivity index (χ1v) is 6.25. The molecule has 18 heavy (non-hydrogen) atoms. The Kier molecular flexibility index (Phi) is 3.75. The molecule has 2 N–H and O–H groups in total. The molecule has 1 fully saturated rings. The fourth-order valence-corrected chi connectivity index (χ4v) is 2.16. The standard InChI is InChI=1S/C12H10BrN3O2/c13-8-1-3-9(4-2-8)16-11(17)7-10(12(16)18)15-6-5-14/h1-4,10,15H,6-7H2/p+1/t10-/m0/s1. The molecule has 92 valence electrons. The lowest BCUT2D eigenvalue weighted by atomic mass is 10.2. The summed E-state index contributed by atoms with van der Waals surface area (Å²) >= 11 is 3.30. The normalized spacial score (nSPS) is 19.1. The second kappa shape index (κ2) is 5.29. The van der Waals surface area contributed by atoms with Gasteiger partial charge < -0.3 is 5.32 Å². The van der Waals surface area contributed by atoms with Crippen LogP contribution in [0.4, 0.5) is 5.69 Å². The Hall–Kier alpha value is -1.71. The third-order valence-corrected chi connectivity index (χ3v) is 3.29. The van der Waals surface area contributed by atoms with Crippen LogP contribution in [-0.2, 0) is 9.59 Å². The number of nitrogens with zero attached hydrogens (tertiary/aromatic N) is 2. The number of imide groups is 1. The highest BCUT2D eigenvalue weighted by Crippen LogP contribution is 2.23. The molecular weight excluding hydrogens is 298 g/mol. The summed E-state index contributed by atoms with van der Waals surface area (Å²) < 4.78 is 0.887. The summed E-state index contributed by atoms with van der Waals surface area (Å²) in [5.74, 6) is -0.473. The van der Waals surface area contributed by atoms with Crippen molar-refractivity contribution in [3.63, 3.8) is 0 Å². The van der Waals surface area contributed by atoms with Gasteiger partial charge >= 0.3 is 0 Å². The summed E-state index contributed by atoms with van der Waals surface area (Å²) in [6.07, 6.45) is 0.149. The van der Waals surface area contributed by atoms with E-state index >= 15 is 0 Å². The van der Waals surface area contributed by atoms with Crippen molar-refractivity contribution >= 4 is 33.4 Å². The zero-order valence-electron chi connectivity index (χ0n) is 9.47. The van der Waals surface area contributed by atoms with Gasteiger partial charge in [0.05, 0.1) is 12.1 Å². The third-order valence-electron chi connectivity index (χ3n) is 2.76. The summed E-state index contributed by atoms with van der Waals surface area (Å²) in [7, 11) is 0. The maximum Gasteiger partial charge on any atom is 0.292 e. The molecule has 1 aliphatic heterocycles. The van der Waals surface area contributed by atoms with Crippen LogP contribution in [0.3, 0.4) is 0 Å². The Balaban J connectivity index is 2.19. The van der Waals surface area contributed by atoms with E-state index in [1.54, 1.807) is 29.6 Å². The second-order valence-corrected chi connectivity index (χ2v) is 4.87. The number of nitrogens with two attached hydrogens (primary N) is 1. The predicted octanol–water partition coefficient (Wildman–Crippen LogP) is 0.168. The van der Waals surface area contributed by atoms with Crippen molar-refractivity contribution in [1.29, 1.82) is 5.26 Å². The van der Waals surface area contributed by atoms with Gasteiger partial charge in [-0.15, -0.1) is 0 Å². The van der Waals surface area contributed by atoms with Gasteiger partial charge in [-0.25, -0.2) is 4.90 Å². The molecular formula is C12H11BrN3O2+. The van der Waals surface area contributed by atoms with E-state index in [0.29, 0.717) is 5.69 Å². The van der Waals surface area contributed by atoms with E-state index in [0.717, 1.165) is 4.47 Å². The average molecular weight is 309 g/mol. The molecule has 0 aromatic heterocycles. The minimum absolute atomic E-state index is 0.149. The molecule has 0 spiro atoms. The molecule has 5 nitrogen and oxygen atoms in total. The summed E-state index contributed by atoms with van der Waals surface area (Å²) in [5.41, 5.74) is 0.570. The van der Waals surface area contributed by atoms with Crippen LogP contribution in [0.1, 0.15) is 6.42 Å². The number of amides is 2. The number of nitriles is 1. The van der Waals surface area contributed by atoms with Crippen molar-refractivity contribution in [2.24, 2.45) is 0 Å². The molecule has 0 aliphatic carbocycles. The molecule has 6 heteroatoms. The Labute approximate surface area is 113 Å². The minimum Gasteiger partial charge on any atom is -0.324 e. The maximum absolute atomic E-state index is 12.1. The quantitative estimate of drug-likeness (QED) is 0.638. The summed E-state index contributed by atoms with van der Waals surface area (Å²) in [6.45, 7) is 0.178. The molecule has 2 amide bonds. The van der Waals surface area contributed by atoms with Crippen LogP contribution in [-0.4, -0.2) is 24.4 Å². The zero-order valence-corrected chi connectivity index (χ0v) is 11.1. The van der Waals surface area contributed by atoms with Gasteiger partial charge in [-0.05, 0) is 24.3 Å². The fourth-order valence-electron chi connectivity index (χ4n) is 1.90. The first-order valence-electron chi connectivity index (χ1n) is 5.46. The van der Waals surface area contributed by atoms with Crippen LogP contribution in [0.2, 0.25) is 0 Å². The highest BCUT2D eigenvalue weighted by atomic mass is 79.9. The largest absolute Gasteiger partial charge is 0.324 e. The topological polar surface area (TPSA) is 77.8 Å². The number of carbonyl (C=O) groups is 2. The highest BCUT2D eigenvalue weighted by Gasteiger charge is 2.41. The van der Waals surface area contributed by atoms with Crippen LogP contribution < -0.4 is 10.2 Å². The lowest BCUT2D eigenvalue weighted by Gasteiger charge is -2.13. The van der Waals surface area contributed by atoms with Gasteiger partial charge in [0, 0.05) is 4.47 Å². The highest BCUT2D eigenvalue weighted by molar-refractivity contribution is 9.10. The summed E-state index contributed by atoms with van der Waals surface area (Å²) in [4.78, 5) is 25.1. The van der Waals surface area contributed by atoms with Crippen LogP contribution in [0, 0.1) is 11.3 Å². The van der Waals surface area contributed by atoms with Crippen molar-refractivity contribution in [1.82, 2.24) is 0 Å². The van der Waals surface area contributed by atoms with E-state index < -0.39 is 6.04 Å². The number of carbonyl (C=O) groups excluding carboxylic acids is 2. The van der Waals surface area contributed by atoms with Gasteiger partial charge in [-0.2, -0.15) is 5.26 Å². The first-order chi connectivity index (χ1) is 8.63. The summed E-state index contributed by atoms with van der Waals surface area (Å²) in [5, 5.41) is 10.1. The van der Waals surface area contributed by atoms with E-state index in [-0.39, 0.29) is 24.8 Å². The number of halogens is 1. The van der Waals surface area contributed by atoms with E-state index in [1.165, 1.54) is 4.90 Å². The number of hydrogen-bond donors (Lipinski definition) is 1. The van der Waals surface area contributed by atoms with Crippen molar-refractivity contribution in [2.45, 2.75) is 12.5 Å². The van der Waals surface area contributed by atoms with E-state index in [1.807, 2.05) is 6.07 Å². The smallest absolute Gasteiger partial charge is 0.292 e. The van der Waals surface area contributed by atoms with Crippen molar-refractivity contribution < 1.29 is 14.9 Å². The lowest BCUT2D eigenvalue weighted by Crippen LogP contribution is -2.91. The molecule has 1 heterocycles. The first kappa shape index (κ1) is 12.7. The van der Waals surface area contributed by atoms with Gasteiger partial charge in [0.25, 0.3) is 5.91 Å². The molecule has 2 rings (SSSR count). The van der Waals surface area contributed by atoms with Crippen molar-refractivity contribution in [3.8, 4) is 6.07 Å². The monoisotopic (exact) mass is 308 g/mol. The van der Waals surface area contributed by atoms with Crippen LogP contribution >= 0.6 is 15.9 Å². The Morgan fingerprint density at radius 3 is 2.67 bits per heavy atom. The van der Waals surface area contributed by atoms with Crippen LogP contribution in [0.5, 0.6) is 0 Å². The maximum atomic E-state index is 12.1. The fraction of sp³-hybridized carbons (Fsp3) is 0.250. The molecule has 0 unspecified atom stereocenters. The Morgan fingerprint density at radius 1 is 1.39 bits per heavy atom. The minimum atomic E-state index is -0.471. The van der Waals surface area contributed by atoms with Gasteiger partial charge in [0.2, 0.25) is 5.91 Å². The molecule has 0 bridgehead atoms. The molecule has 0 radical (unpaired) electrons. The number of rotatable bonds is 3. The summed E-state index contributed by atoms with van der Waals surface area (Å²) in [6, 6.07) is 8.47. The third kappa shape index (κ3) is 2.42. The molecule has 1 saturated heterocycles. The second-order valence-electron chi connectivity index (χ2n) is 3.95. The van der Waals surface area contributed by atoms with Crippen LogP contribution in [0.15, 0.2) is 28.7 Å². The lowest BCUT2D eigenvalue weighted by molar-refractivity contribution is -0.664. The van der Waals surface area contributed by atoms with Gasteiger partial charge in [0.1, 0.15) is 6.07 Å². The average Bonchev–Trinajstić information content (AvgIpc) is 2.63. The number of quaternary nitrogens is 1. The molecule has 0 saturated carbocycles. The van der Waals surface area contributed by atoms with E-state index in [9.17, 15) is 9.59 Å². The molecule has 1 aliphatic rings. The van der Waals surface area contributed by atoms with Crippen LogP contribution in [0.25, 0.3) is 0 Å². The van der Waals surface area contributed by atoms with Crippen molar-refractivity contribution in [2.75, 3.05) is 11.4 Å². The Bertz CT molecular complexity index is 521. The molecule has 1 aromatic carbocycles. The number of hydrogen-bond acceptors (Lipinski definition) is 3. The Morgan fingerprint density at radius 2 is 2.06 bits per heavy atom. The van der Waals surface area contributed by atoms with E-state index in [2.05, 4.69) is 15.9 Å². The van der Waals surface area contributed by atoms with Crippen molar-refractivity contribution in [3.05, 3.63) is 28.7 Å². The number of anilines is 1. The van der Waals surface area contributed by atoms with Gasteiger partial charge in [-0.1, -0.05) is 15.9 Å². The molecule has 1 aromatic rings. The van der Waals surface area contributed by atoms with Gasteiger partial charge in [0.15, 0.2) is 12.6 Å². The predicted molar refractivity (Wildman–Crippen MR) is 67.4 cm³/mol. The SMILES string of the molecule is N#CC[NH2+][C@H]1CC(=O)N(c2ccc(Br)cc2)C1=O. The number of benzene rings is 1.